The molecule has 0 saturated carbocycles. The molecule has 1 aliphatic rings. The molecule has 1 aromatic heterocycles. The molecule has 1 N–H and O–H groups in total. The van der Waals surface area contributed by atoms with E-state index < -0.39 is 0 Å². The van der Waals surface area contributed by atoms with Crippen LogP contribution < -0.4 is 10.2 Å². The molecule has 0 bridgehead atoms. The van der Waals surface area contributed by atoms with Crippen molar-refractivity contribution in [3.63, 3.8) is 0 Å². The first-order chi connectivity index (χ1) is 8.61. The minimum absolute atomic E-state index is 0.342. The normalized spacial score (nSPS) is 19.5. The summed E-state index contributed by atoms with van der Waals surface area (Å²) in [6.07, 6.45) is 2.48. The molecule has 1 aromatic rings. The zero-order valence-corrected chi connectivity index (χ0v) is 12.6. The van der Waals surface area contributed by atoms with Gasteiger partial charge in [0.2, 0.25) is 0 Å². The molecule has 2 rings (SSSR count). The molecule has 1 saturated heterocycles. The first kappa shape index (κ1) is 13.8. The van der Waals surface area contributed by atoms with Gasteiger partial charge >= 0.3 is 0 Å². The third-order valence-electron chi connectivity index (χ3n) is 3.85. The maximum absolute atomic E-state index is 4.74. The molecule has 0 radical (unpaired) electrons. The Morgan fingerprint density at radius 2 is 2.11 bits per heavy atom. The molecular formula is C13H24N4S. The molecule has 0 aliphatic carbocycles. The topological polar surface area (TPSA) is 31.4 Å². The van der Waals surface area contributed by atoms with Crippen LogP contribution in [0.3, 0.4) is 0 Å². The number of piperidine rings is 1. The molecule has 1 atom stereocenters. The lowest BCUT2D eigenvalue weighted by Gasteiger charge is -2.35. The molecule has 2 heterocycles. The van der Waals surface area contributed by atoms with Crippen molar-refractivity contribution in [1.29, 1.82) is 0 Å². The van der Waals surface area contributed by atoms with Crippen molar-refractivity contribution in [2.24, 2.45) is 0 Å². The summed E-state index contributed by atoms with van der Waals surface area (Å²) < 4.78 is 0. The SMILES string of the molecule is CNC(C)c1csc(N2CCC(N(C)C)CC2)n1. The highest BCUT2D eigenvalue weighted by atomic mass is 32.1. The third-order valence-corrected chi connectivity index (χ3v) is 4.77. The van der Waals surface area contributed by atoms with Gasteiger partial charge in [0, 0.05) is 30.6 Å². The predicted octanol–water partition coefficient (Wildman–Crippen LogP) is 1.95. The summed E-state index contributed by atoms with van der Waals surface area (Å²) in [6.45, 7) is 4.41. The van der Waals surface area contributed by atoms with Crippen LogP contribution in [0.4, 0.5) is 5.13 Å². The Morgan fingerprint density at radius 3 is 2.67 bits per heavy atom. The first-order valence-corrected chi connectivity index (χ1v) is 7.54. The fourth-order valence-electron chi connectivity index (χ4n) is 2.34. The molecule has 1 unspecified atom stereocenters. The standard InChI is InChI=1S/C13H24N4S/c1-10(14-2)12-9-18-13(15-12)17-7-5-11(6-8-17)16(3)4/h9-11,14H,5-8H2,1-4H3. The lowest BCUT2D eigenvalue weighted by molar-refractivity contribution is 0.249. The fraction of sp³-hybridized carbons (Fsp3) is 0.769. The molecular weight excluding hydrogens is 244 g/mol. The van der Waals surface area contributed by atoms with Crippen molar-refractivity contribution in [3.8, 4) is 0 Å². The van der Waals surface area contributed by atoms with E-state index in [-0.39, 0.29) is 0 Å². The van der Waals surface area contributed by atoms with Gasteiger partial charge in [0.1, 0.15) is 0 Å². The van der Waals surface area contributed by atoms with Crippen LogP contribution in [0, 0.1) is 0 Å². The van der Waals surface area contributed by atoms with Gasteiger partial charge in [-0.2, -0.15) is 0 Å². The summed E-state index contributed by atoms with van der Waals surface area (Å²) in [5.74, 6) is 0. The largest absolute Gasteiger partial charge is 0.348 e. The molecule has 1 fully saturated rings. The number of rotatable bonds is 4. The van der Waals surface area contributed by atoms with Crippen molar-refractivity contribution in [2.45, 2.75) is 31.8 Å². The molecule has 0 aromatic carbocycles. The summed E-state index contributed by atoms with van der Waals surface area (Å²) in [5, 5.41) is 6.60. The average molecular weight is 268 g/mol. The highest BCUT2D eigenvalue weighted by Crippen LogP contribution is 2.27. The summed E-state index contributed by atoms with van der Waals surface area (Å²) in [6, 6.07) is 1.08. The fourth-order valence-corrected chi connectivity index (χ4v) is 3.31. The van der Waals surface area contributed by atoms with Gasteiger partial charge in [-0.1, -0.05) is 0 Å². The summed E-state index contributed by atoms with van der Waals surface area (Å²) in [7, 11) is 6.33. The number of hydrogen-bond acceptors (Lipinski definition) is 5. The lowest BCUT2D eigenvalue weighted by atomic mass is 10.0. The zero-order chi connectivity index (χ0) is 13.1. The van der Waals surface area contributed by atoms with Crippen molar-refractivity contribution in [3.05, 3.63) is 11.1 Å². The molecule has 18 heavy (non-hydrogen) atoms. The Labute approximate surface area is 114 Å². The Bertz CT molecular complexity index is 369. The smallest absolute Gasteiger partial charge is 0.185 e. The van der Waals surface area contributed by atoms with Crippen LogP contribution in [-0.4, -0.2) is 50.2 Å². The van der Waals surface area contributed by atoms with Gasteiger partial charge in [0.05, 0.1) is 5.69 Å². The van der Waals surface area contributed by atoms with E-state index in [4.69, 9.17) is 4.98 Å². The maximum Gasteiger partial charge on any atom is 0.185 e. The van der Waals surface area contributed by atoms with E-state index in [9.17, 15) is 0 Å². The Hall–Kier alpha value is -0.650. The second-order valence-corrected chi connectivity index (χ2v) is 6.08. The zero-order valence-electron chi connectivity index (χ0n) is 11.8. The van der Waals surface area contributed by atoms with Crippen molar-refractivity contribution < 1.29 is 0 Å². The number of thiazole rings is 1. The quantitative estimate of drug-likeness (QED) is 0.904. The summed E-state index contributed by atoms with van der Waals surface area (Å²) in [5.41, 5.74) is 1.16. The van der Waals surface area contributed by atoms with Crippen LogP contribution in [0.25, 0.3) is 0 Å². The average Bonchev–Trinajstić information content (AvgIpc) is 2.87. The highest BCUT2D eigenvalue weighted by Gasteiger charge is 2.22. The molecule has 0 spiro atoms. The Balaban J connectivity index is 1.95. The minimum Gasteiger partial charge on any atom is -0.348 e. The summed E-state index contributed by atoms with van der Waals surface area (Å²) >= 11 is 1.77. The van der Waals surface area contributed by atoms with E-state index in [2.05, 4.69) is 41.5 Å². The van der Waals surface area contributed by atoms with E-state index in [1.54, 1.807) is 11.3 Å². The number of nitrogens with one attached hydrogen (secondary N) is 1. The van der Waals surface area contributed by atoms with E-state index in [1.165, 1.54) is 18.0 Å². The van der Waals surface area contributed by atoms with Crippen molar-refractivity contribution in [2.75, 3.05) is 39.1 Å². The van der Waals surface area contributed by atoms with Gasteiger partial charge in [-0.25, -0.2) is 4.98 Å². The predicted molar refractivity (Wildman–Crippen MR) is 78.5 cm³/mol. The van der Waals surface area contributed by atoms with E-state index in [1.807, 2.05) is 7.05 Å². The lowest BCUT2D eigenvalue weighted by Crippen LogP contribution is -2.41. The second-order valence-electron chi connectivity index (χ2n) is 5.25. The highest BCUT2D eigenvalue weighted by molar-refractivity contribution is 7.13. The van der Waals surface area contributed by atoms with Crippen LogP contribution in [0.2, 0.25) is 0 Å². The molecule has 102 valence electrons. The first-order valence-electron chi connectivity index (χ1n) is 6.66. The van der Waals surface area contributed by atoms with Gasteiger partial charge in [0.25, 0.3) is 0 Å². The Kier molecular flexibility index (Phi) is 4.59. The third kappa shape index (κ3) is 3.02. The minimum atomic E-state index is 0.342. The summed E-state index contributed by atoms with van der Waals surface area (Å²) in [4.78, 5) is 9.51. The van der Waals surface area contributed by atoms with Crippen LogP contribution in [0.5, 0.6) is 0 Å². The van der Waals surface area contributed by atoms with E-state index >= 15 is 0 Å². The van der Waals surface area contributed by atoms with Gasteiger partial charge in [-0.3, -0.25) is 0 Å². The van der Waals surface area contributed by atoms with Crippen LogP contribution in [0.1, 0.15) is 31.5 Å². The van der Waals surface area contributed by atoms with E-state index in [0.29, 0.717) is 6.04 Å². The number of aromatic nitrogens is 1. The van der Waals surface area contributed by atoms with Gasteiger partial charge in [0.15, 0.2) is 5.13 Å². The van der Waals surface area contributed by atoms with Gasteiger partial charge in [-0.05, 0) is 40.9 Å². The number of nitrogens with zero attached hydrogens (tertiary/aromatic N) is 3. The molecule has 1 aliphatic heterocycles. The van der Waals surface area contributed by atoms with Gasteiger partial charge < -0.3 is 15.1 Å². The van der Waals surface area contributed by atoms with Crippen molar-refractivity contribution >= 4 is 16.5 Å². The molecule has 4 nitrogen and oxygen atoms in total. The second kappa shape index (κ2) is 5.99. The maximum atomic E-state index is 4.74. The van der Waals surface area contributed by atoms with Crippen LogP contribution >= 0.6 is 11.3 Å². The molecule has 0 amide bonds. The van der Waals surface area contributed by atoms with Crippen LogP contribution in [-0.2, 0) is 0 Å². The van der Waals surface area contributed by atoms with Gasteiger partial charge in [-0.15, -0.1) is 11.3 Å². The van der Waals surface area contributed by atoms with E-state index in [0.717, 1.165) is 24.8 Å². The monoisotopic (exact) mass is 268 g/mol. The number of hydrogen-bond donors (Lipinski definition) is 1. The van der Waals surface area contributed by atoms with Crippen molar-refractivity contribution in [1.82, 2.24) is 15.2 Å². The number of anilines is 1. The molecule has 5 heteroatoms. The Morgan fingerprint density at radius 1 is 1.44 bits per heavy atom. The van der Waals surface area contributed by atoms with Crippen LogP contribution in [0.15, 0.2) is 5.38 Å².